The molecule has 3 atom stereocenters. The van der Waals surface area contributed by atoms with Crippen LogP contribution in [-0.2, 0) is 4.79 Å². The molecule has 170 valence electrons. The number of hydrogen-bond donors (Lipinski definition) is 1. The molecule has 0 spiro atoms. The van der Waals surface area contributed by atoms with Gasteiger partial charge in [0.25, 0.3) is 0 Å². The summed E-state index contributed by atoms with van der Waals surface area (Å²) < 4.78 is 5.27. The van der Waals surface area contributed by atoms with E-state index >= 15 is 0 Å². The number of ketones is 1. The monoisotopic (exact) mass is 441 g/mol. The SMILES string of the molecule is C=C1NC2=C(C(=O)CC(c3ccc(OC)cc3)C2)C(c2ccc(N(CC)CC)cc2)C1C#N. The number of benzene rings is 2. The number of hydrogen-bond acceptors (Lipinski definition) is 5. The maximum atomic E-state index is 13.5. The molecular weight excluding hydrogens is 410 g/mol. The number of allylic oxidation sites excluding steroid dienone is 3. The van der Waals surface area contributed by atoms with E-state index in [0.717, 1.165) is 53.3 Å². The topological polar surface area (TPSA) is 65.4 Å². The van der Waals surface area contributed by atoms with Gasteiger partial charge in [0.15, 0.2) is 5.78 Å². The summed E-state index contributed by atoms with van der Waals surface area (Å²) >= 11 is 0. The van der Waals surface area contributed by atoms with Gasteiger partial charge in [0.1, 0.15) is 5.75 Å². The molecule has 1 heterocycles. The normalized spacial score (nSPS) is 22.3. The average Bonchev–Trinajstić information content (AvgIpc) is 2.84. The highest BCUT2D eigenvalue weighted by Crippen LogP contribution is 2.46. The minimum absolute atomic E-state index is 0.0896. The molecule has 0 aromatic heterocycles. The van der Waals surface area contributed by atoms with Crippen molar-refractivity contribution in [1.82, 2.24) is 5.32 Å². The molecule has 0 radical (unpaired) electrons. The molecule has 0 fully saturated rings. The molecule has 1 N–H and O–H groups in total. The quantitative estimate of drug-likeness (QED) is 0.660. The van der Waals surface area contributed by atoms with Gasteiger partial charge in [0, 0.05) is 48.1 Å². The van der Waals surface area contributed by atoms with E-state index in [2.05, 4.69) is 61.0 Å². The number of carbonyl (C=O) groups excluding carboxylic acids is 1. The van der Waals surface area contributed by atoms with Crippen molar-refractivity contribution in [1.29, 1.82) is 5.26 Å². The van der Waals surface area contributed by atoms with E-state index in [9.17, 15) is 10.1 Å². The van der Waals surface area contributed by atoms with Gasteiger partial charge in [-0.25, -0.2) is 0 Å². The predicted octanol–water partition coefficient (Wildman–Crippen LogP) is 5.28. The lowest BCUT2D eigenvalue weighted by Crippen LogP contribution is -2.38. The van der Waals surface area contributed by atoms with Gasteiger partial charge < -0.3 is 15.0 Å². The summed E-state index contributed by atoms with van der Waals surface area (Å²) in [6.45, 7) is 10.3. The highest BCUT2D eigenvalue weighted by Gasteiger charge is 2.42. The van der Waals surface area contributed by atoms with Crippen molar-refractivity contribution < 1.29 is 9.53 Å². The Morgan fingerprint density at radius 1 is 1.06 bits per heavy atom. The Hall–Kier alpha value is -3.52. The van der Waals surface area contributed by atoms with Crippen LogP contribution in [0.15, 0.2) is 72.1 Å². The van der Waals surface area contributed by atoms with E-state index < -0.39 is 5.92 Å². The Morgan fingerprint density at radius 2 is 1.70 bits per heavy atom. The van der Waals surface area contributed by atoms with Crippen LogP contribution >= 0.6 is 0 Å². The van der Waals surface area contributed by atoms with Crippen LogP contribution in [0.4, 0.5) is 5.69 Å². The first-order chi connectivity index (χ1) is 16.0. The van der Waals surface area contributed by atoms with Gasteiger partial charge in [-0.1, -0.05) is 30.8 Å². The summed E-state index contributed by atoms with van der Waals surface area (Å²) in [5, 5.41) is 13.3. The fourth-order valence-corrected chi connectivity index (χ4v) is 5.15. The van der Waals surface area contributed by atoms with Gasteiger partial charge in [-0.2, -0.15) is 5.26 Å². The molecule has 1 aliphatic carbocycles. The Labute approximate surface area is 196 Å². The summed E-state index contributed by atoms with van der Waals surface area (Å²) in [6, 6.07) is 18.6. The Kier molecular flexibility index (Phi) is 6.55. The zero-order chi connectivity index (χ0) is 23.5. The smallest absolute Gasteiger partial charge is 0.161 e. The van der Waals surface area contributed by atoms with Crippen molar-refractivity contribution in [2.24, 2.45) is 5.92 Å². The maximum Gasteiger partial charge on any atom is 0.161 e. The number of methoxy groups -OCH3 is 1. The Bertz CT molecular complexity index is 1110. The molecular formula is C28H31N3O2. The molecule has 4 rings (SSSR count). The van der Waals surface area contributed by atoms with Crippen LogP contribution in [0.2, 0.25) is 0 Å². The molecule has 0 saturated carbocycles. The van der Waals surface area contributed by atoms with Crippen molar-refractivity contribution in [2.45, 2.75) is 38.5 Å². The van der Waals surface area contributed by atoms with Crippen LogP contribution in [0.25, 0.3) is 0 Å². The second kappa shape index (κ2) is 9.54. The summed E-state index contributed by atoms with van der Waals surface area (Å²) in [7, 11) is 1.65. The third kappa shape index (κ3) is 4.26. The van der Waals surface area contributed by atoms with Crippen LogP contribution in [0.5, 0.6) is 5.75 Å². The minimum Gasteiger partial charge on any atom is -0.497 e. The lowest BCUT2D eigenvalue weighted by molar-refractivity contribution is -0.116. The number of nitrogens with zero attached hydrogens (tertiary/aromatic N) is 2. The summed E-state index contributed by atoms with van der Waals surface area (Å²) in [5.41, 5.74) is 5.57. The zero-order valence-corrected chi connectivity index (χ0v) is 19.6. The Balaban J connectivity index is 1.70. The molecule has 1 aliphatic heterocycles. The molecule has 0 bridgehead atoms. The van der Waals surface area contributed by atoms with Crippen LogP contribution in [0, 0.1) is 17.2 Å². The predicted molar refractivity (Wildman–Crippen MR) is 131 cm³/mol. The average molecular weight is 442 g/mol. The first kappa shape index (κ1) is 22.7. The zero-order valence-electron chi connectivity index (χ0n) is 19.6. The van der Waals surface area contributed by atoms with E-state index in [1.165, 1.54) is 0 Å². The number of Topliss-reactive ketones (excluding diaryl/α,β-unsaturated/α-hetero) is 1. The van der Waals surface area contributed by atoms with E-state index in [4.69, 9.17) is 4.74 Å². The minimum atomic E-state index is -0.482. The summed E-state index contributed by atoms with van der Waals surface area (Å²) in [6.07, 6.45) is 1.16. The standard InChI is InChI=1S/C28H31N3O2/c1-5-31(6-2)22-11-7-20(8-12-22)27-24(17-29)18(3)30-25-15-21(16-26(32)28(25)27)19-9-13-23(33-4)14-10-19/h7-14,21,24,27,30H,3,5-6,15-16H2,1-2,4H3. The molecule has 2 aromatic carbocycles. The number of anilines is 1. The van der Waals surface area contributed by atoms with Crippen molar-refractivity contribution >= 4 is 11.5 Å². The summed E-state index contributed by atoms with van der Waals surface area (Å²) in [5.74, 6) is 0.218. The number of ether oxygens (including phenoxy) is 1. The lowest BCUT2D eigenvalue weighted by atomic mass is 9.69. The number of rotatable bonds is 6. The van der Waals surface area contributed by atoms with E-state index in [-0.39, 0.29) is 17.6 Å². The molecule has 33 heavy (non-hydrogen) atoms. The number of carbonyl (C=O) groups is 1. The van der Waals surface area contributed by atoms with E-state index in [1.807, 2.05) is 24.3 Å². The van der Waals surface area contributed by atoms with Crippen molar-refractivity contribution in [2.75, 3.05) is 25.1 Å². The maximum absolute atomic E-state index is 13.5. The summed E-state index contributed by atoms with van der Waals surface area (Å²) in [4.78, 5) is 15.8. The first-order valence-electron chi connectivity index (χ1n) is 11.6. The van der Waals surface area contributed by atoms with E-state index in [1.54, 1.807) is 7.11 Å². The van der Waals surface area contributed by atoms with Crippen molar-refractivity contribution in [3.05, 3.63) is 83.2 Å². The van der Waals surface area contributed by atoms with Crippen molar-refractivity contribution in [3.8, 4) is 11.8 Å². The van der Waals surface area contributed by atoms with Crippen LogP contribution < -0.4 is 15.0 Å². The number of nitriles is 1. The third-order valence-corrected chi connectivity index (χ3v) is 6.95. The number of nitrogens with one attached hydrogen (secondary N) is 1. The molecule has 0 saturated heterocycles. The van der Waals surface area contributed by atoms with Gasteiger partial charge >= 0.3 is 0 Å². The molecule has 5 heteroatoms. The Morgan fingerprint density at radius 3 is 2.27 bits per heavy atom. The second-order valence-corrected chi connectivity index (χ2v) is 8.69. The highest BCUT2D eigenvalue weighted by molar-refractivity contribution is 5.99. The van der Waals surface area contributed by atoms with Gasteiger partial charge in [-0.3, -0.25) is 4.79 Å². The van der Waals surface area contributed by atoms with Crippen LogP contribution in [-0.4, -0.2) is 26.0 Å². The molecule has 5 nitrogen and oxygen atoms in total. The first-order valence-corrected chi connectivity index (χ1v) is 11.6. The van der Waals surface area contributed by atoms with Crippen LogP contribution in [0.3, 0.4) is 0 Å². The fraction of sp³-hybridized carbons (Fsp3) is 0.357. The lowest BCUT2D eigenvalue weighted by Gasteiger charge is -2.38. The largest absolute Gasteiger partial charge is 0.497 e. The highest BCUT2D eigenvalue weighted by atomic mass is 16.5. The van der Waals surface area contributed by atoms with E-state index in [0.29, 0.717) is 12.1 Å². The van der Waals surface area contributed by atoms with Gasteiger partial charge in [0.2, 0.25) is 0 Å². The molecule has 3 unspecified atom stereocenters. The third-order valence-electron chi connectivity index (χ3n) is 6.95. The molecule has 2 aliphatic rings. The van der Waals surface area contributed by atoms with Crippen molar-refractivity contribution in [3.63, 3.8) is 0 Å². The van der Waals surface area contributed by atoms with Gasteiger partial charge in [0.05, 0.1) is 19.1 Å². The van der Waals surface area contributed by atoms with Crippen LogP contribution in [0.1, 0.15) is 49.7 Å². The molecule has 0 amide bonds. The molecule has 2 aromatic rings. The second-order valence-electron chi connectivity index (χ2n) is 8.69. The van der Waals surface area contributed by atoms with Gasteiger partial charge in [-0.15, -0.1) is 0 Å². The van der Waals surface area contributed by atoms with Gasteiger partial charge in [-0.05, 0) is 61.6 Å². The fourth-order valence-electron chi connectivity index (χ4n) is 5.15.